The van der Waals surface area contributed by atoms with Gasteiger partial charge in [0.2, 0.25) is 0 Å². The molecule has 0 atom stereocenters. The van der Waals surface area contributed by atoms with E-state index in [1.54, 1.807) is 5.51 Å². The molecule has 4 heteroatoms. The summed E-state index contributed by atoms with van der Waals surface area (Å²) in [5.41, 5.74) is 5.39. The number of carbonyl (C=O) groups is 1. The van der Waals surface area contributed by atoms with Gasteiger partial charge in [-0.2, -0.15) is 0 Å². The van der Waals surface area contributed by atoms with Crippen molar-refractivity contribution in [2.24, 2.45) is 0 Å². The summed E-state index contributed by atoms with van der Waals surface area (Å²) in [6.45, 7) is 2.08. The Hall–Kier alpha value is -2.46. The minimum absolute atomic E-state index is 0.109. The predicted molar refractivity (Wildman–Crippen MR) is 91.3 cm³/mol. The van der Waals surface area contributed by atoms with Gasteiger partial charge in [0, 0.05) is 11.3 Å². The number of carbonyl (C=O) groups excluding carboxylic acids is 1. The van der Waals surface area contributed by atoms with Crippen LogP contribution >= 0.6 is 11.3 Å². The summed E-state index contributed by atoms with van der Waals surface area (Å²) < 4.78 is 0. The highest BCUT2D eigenvalue weighted by molar-refractivity contribution is 7.12. The second-order valence-corrected chi connectivity index (χ2v) is 5.72. The molecule has 0 spiro atoms. The van der Waals surface area contributed by atoms with E-state index in [1.165, 1.54) is 11.3 Å². The second-order valence-electron chi connectivity index (χ2n) is 4.86. The third-order valence-corrected chi connectivity index (χ3v) is 4.29. The fraction of sp³-hybridized carbons (Fsp3) is 0.111. The molecule has 3 aromatic rings. The summed E-state index contributed by atoms with van der Waals surface area (Å²) in [5, 5.41) is 3.01. The lowest BCUT2D eigenvalue weighted by atomic mass is 10.1. The molecule has 1 heterocycles. The normalized spacial score (nSPS) is 10.4. The Labute approximate surface area is 133 Å². The number of aryl methyl sites for hydroxylation is 1. The van der Waals surface area contributed by atoms with Crippen LogP contribution in [0.5, 0.6) is 0 Å². The fourth-order valence-corrected chi connectivity index (χ4v) is 3.04. The monoisotopic (exact) mass is 308 g/mol. The van der Waals surface area contributed by atoms with Crippen LogP contribution in [0.3, 0.4) is 0 Å². The molecule has 0 saturated carbocycles. The minimum atomic E-state index is -0.109. The second kappa shape index (κ2) is 6.54. The van der Waals surface area contributed by atoms with E-state index in [1.807, 2.05) is 54.6 Å². The molecule has 22 heavy (non-hydrogen) atoms. The Kier molecular flexibility index (Phi) is 4.30. The Morgan fingerprint density at radius 3 is 2.59 bits per heavy atom. The first-order valence-electron chi connectivity index (χ1n) is 7.17. The third kappa shape index (κ3) is 2.92. The zero-order valence-electron chi connectivity index (χ0n) is 12.2. The topological polar surface area (TPSA) is 42.0 Å². The molecular formula is C18H16N2OS. The molecule has 0 aliphatic rings. The van der Waals surface area contributed by atoms with Crippen molar-refractivity contribution in [2.45, 2.75) is 13.3 Å². The van der Waals surface area contributed by atoms with Gasteiger partial charge in [0.15, 0.2) is 0 Å². The van der Waals surface area contributed by atoms with E-state index in [-0.39, 0.29) is 5.91 Å². The maximum absolute atomic E-state index is 12.6. The standard InChI is InChI=1S/C18H16N2OS/c1-2-13-8-6-7-11-15(13)20-18(21)17-16(19-12-22-17)14-9-4-3-5-10-14/h3-12H,2H2,1H3,(H,20,21). The van der Waals surface area contributed by atoms with Gasteiger partial charge in [0.1, 0.15) is 4.88 Å². The predicted octanol–water partition coefficient (Wildman–Crippen LogP) is 4.62. The van der Waals surface area contributed by atoms with Gasteiger partial charge in [0.25, 0.3) is 5.91 Å². The Morgan fingerprint density at radius 1 is 1.09 bits per heavy atom. The highest BCUT2D eigenvalue weighted by Crippen LogP contribution is 2.26. The van der Waals surface area contributed by atoms with Crippen molar-refractivity contribution in [1.82, 2.24) is 4.98 Å². The van der Waals surface area contributed by atoms with Gasteiger partial charge in [-0.05, 0) is 18.1 Å². The van der Waals surface area contributed by atoms with E-state index >= 15 is 0 Å². The molecular weight excluding hydrogens is 292 g/mol. The molecule has 0 aliphatic heterocycles. The van der Waals surface area contributed by atoms with E-state index < -0.39 is 0 Å². The molecule has 3 rings (SSSR count). The van der Waals surface area contributed by atoms with Gasteiger partial charge in [-0.3, -0.25) is 4.79 Å². The summed E-state index contributed by atoms with van der Waals surface area (Å²) in [5.74, 6) is -0.109. The van der Waals surface area contributed by atoms with Crippen molar-refractivity contribution < 1.29 is 4.79 Å². The average molecular weight is 308 g/mol. The van der Waals surface area contributed by atoms with Crippen LogP contribution in [-0.4, -0.2) is 10.9 Å². The number of anilines is 1. The highest BCUT2D eigenvalue weighted by Gasteiger charge is 2.17. The number of amides is 1. The zero-order chi connectivity index (χ0) is 15.4. The molecule has 0 aliphatic carbocycles. The van der Waals surface area contributed by atoms with Crippen molar-refractivity contribution >= 4 is 22.9 Å². The maximum atomic E-state index is 12.6. The number of rotatable bonds is 4. The molecule has 1 amide bonds. The first-order valence-corrected chi connectivity index (χ1v) is 8.05. The van der Waals surface area contributed by atoms with Crippen LogP contribution in [0.25, 0.3) is 11.3 Å². The Bertz CT molecular complexity index is 781. The zero-order valence-corrected chi connectivity index (χ0v) is 13.1. The third-order valence-electron chi connectivity index (χ3n) is 3.47. The van der Waals surface area contributed by atoms with Gasteiger partial charge in [-0.15, -0.1) is 11.3 Å². The first-order chi connectivity index (χ1) is 10.8. The van der Waals surface area contributed by atoms with Crippen LogP contribution in [0.15, 0.2) is 60.1 Å². The smallest absolute Gasteiger partial charge is 0.268 e. The van der Waals surface area contributed by atoms with Crippen molar-refractivity contribution in [1.29, 1.82) is 0 Å². The Balaban J connectivity index is 1.90. The summed E-state index contributed by atoms with van der Waals surface area (Å²) in [6.07, 6.45) is 0.880. The summed E-state index contributed by atoms with van der Waals surface area (Å²) in [4.78, 5) is 17.6. The number of aromatic nitrogens is 1. The van der Waals surface area contributed by atoms with Crippen LogP contribution in [0.4, 0.5) is 5.69 Å². The van der Waals surface area contributed by atoms with Crippen molar-refractivity contribution in [2.75, 3.05) is 5.32 Å². The van der Waals surface area contributed by atoms with Crippen molar-refractivity contribution in [3.63, 3.8) is 0 Å². The van der Waals surface area contributed by atoms with E-state index in [0.717, 1.165) is 28.9 Å². The van der Waals surface area contributed by atoms with Crippen LogP contribution in [0.2, 0.25) is 0 Å². The van der Waals surface area contributed by atoms with Crippen LogP contribution in [0.1, 0.15) is 22.2 Å². The molecule has 3 nitrogen and oxygen atoms in total. The van der Waals surface area contributed by atoms with E-state index in [4.69, 9.17) is 0 Å². The highest BCUT2D eigenvalue weighted by atomic mass is 32.1. The SMILES string of the molecule is CCc1ccccc1NC(=O)c1scnc1-c1ccccc1. The van der Waals surface area contributed by atoms with Gasteiger partial charge < -0.3 is 5.32 Å². The van der Waals surface area contributed by atoms with Gasteiger partial charge in [-0.1, -0.05) is 55.5 Å². The number of hydrogen-bond donors (Lipinski definition) is 1. The maximum Gasteiger partial charge on any atom is 0.268 e. The quantitative estimate of drug-likeness (QED) is 0.764. The fourth-order valence-electron chi connectivity index (χ4n) is 2.34. The number of thiazole rings is 1. The van der Waals surface area contributed by atoms with Crippen molar-refractivity contribution in [3.8, 4) is 11.3 Å². The molecule has 110 valence electrons. The number of hydrogen-bond acceptors (Lipinski definition) is 3. The van der Waals surface area contributed by atoms with Gasteiger partial charge in [0.05, 0.1) is 11.2 Å². The molecule has 0 unspecified atom stereocenters. The molecule has 0 radical (unpaired) electrons. The van der Waals surface area contributed by atoms with E-state index in [0.29, 0.717) is 4.88 Å². The molecule has 2 aromatic carbocycles. The van der Waals surface area contributed by atoms with E-state index in [9.17, 15) is 4.79 Å². The summed E-state index contributed by atoms with van der Waals surface area (Å²) in [7, 11) is 0. The number of nitrogens with one attached hydrogen (secondary N) is 1. The van der Waals surface area contributed by atoms with Gasteiger partial charge in [-0.25, -0.2) is 4.98 Å². The lowest BCUT2D eigenvalue weighted by Gasteiger charge is -2.09. The molecule has 1 aromatic heterocycles. The number of nitrogens with zero attached hydrogens (tertiary/aromatic N) is 1. The first kappa shape index (κ1) is 14.5. The molecule has 0 saturated heterocycles. The largest absolute Gasteiger partial charge is 0.321 e. The van der Waals surface area contributed by atoms with Gasteiger partial charge >= 0.3 is 0 Å². The Morgan fingerprint density at radius 2 is 1.82 bits per heavy atom. The van der Waals surface area contributed by atoms with Crippen LogP contribution in [0, 0.1) is 0 Å². The minimum Gasteiger partial charge on any atom is -0.321 e. The van der Waals surface area contributed by atoms with E-state index in [2.05, 4.69) is 17.2 Å². The summed E-state index contributed by atoms with van der Waals surface area (Å²) in [6, 6.07) is 17.6. The average Bonchev–Trinajstić information content (AvgIpc) is 3.06. The molecule has 0 bridgehead atoms. The molecule has 1 N–H and O–H groups in total. The summed E-state index contributed by atoms with van der Waals surface area (Å²) >= 11 is 1.36. The van der Waals surface area contributed by atoms with Crippen LogP contribution < -0.4 is 5.32 Å². The number of benzene rings is 2. The lowest BCUT2D eigenvalue weighted by molar-refractivity contribution is 0.103. The number of para-hydroxylation sites is 1. The lowest BCUT2D eigenvalue weighted by Crippen LogP contribution is -2.12. The van der Waals surface area contributed by atoms with Crippen LogP contribution in [-0.2, 0) is 6.42 Å². The van der Waals surface area contributed by atoms with Crippen molar-refractivity contribution in [3.05, 3.63) is 70.5 Å². The molecule has 0 fully saturated rings.